The van der Waals surface area contributed by atoms with Gasteiger partial charge in [-0.1, -0.05) is 25.2 Å². The molecule has 4 nitrogen and oxygen atoms in total. The van der Waals surface area contributed by atoms with Crippen molar-refractivity contribution in [2.45, 2.75) is 83.2 Å². The summed E-state index contributed by atoms with van der Waals surface area (Å²) in [5, 5.41) is 10.9. The van der Waals surface area contributed by atoms with Crippen molar-refractivity contribution >= 4 is 5.97 Å². The third-order valence-electron chi connectivity index (χ3n) is 6.09. The van der Waals surface area contributed by atoms with Gasteiger partial charge in [0.2, 0.25) is 0 Å². The lowest BCUT2D eigenvalue weighted by atomic mass is 9.79. The topological polar surface area (TPSA) is 55.8 Å². The van der Waals surface area contributed by atoms with Crippen molar-refractivity contribution in [1.82, 2.24) is 0 Å². The summed E-state index contributed by atoms with van der Waals surface area (Å²) in [7, 11) is 0. The smallest absolute Gasteiger partial charge is 0.334 e. The Balaban J connectivity index is 1.90. The monoisotopic (exact) mass is 334 g/mol. The van der Waals surface area contributed by atoms with Gasteiger partial charge in [0, 0.05) is 11.5 Å². The van der Waals surface area contributed by atoms with Crippen LogP contribution in [0.15, 0.2) is 23.8 Å². The van der Waals surface area contributed by atoms with Crippen LogP contribution in [0.25, 0.3) is 0 Å². The molecule has 3 heterocycles. The fraction of sp³-hybridized carbons (Fsp3) is 0.750. The van der Waals surface area contributed by atoms with Crippen molar-refractivity contribution in [3.63, 3.8) is 0 Å². The number of ether oxygens (including phenoxy) is 2. The van der Waals surface area contributed by atoms with Crippen molar-refractivity contribution in [2.75, 3.05) is 0 Å². The van der Waals surface area contributed by atoms with Crippen molar-refractivity contribution in [3.8, 4) is 0 Å². The zero-order chi connectivity index (χ0) is 17.5. The molecular weight excluding hydrogens is 304 g/mol. The molecule has 2 saturated heterocycles. The summed E-state index contributed by atoms with van der Waals surface area (Å²) in [5.74, 6) is -0.103. The molecule has 2 bridgehead atoms. The Kier molecular flexibility index (Phi) is 4.89. The Morgan fingerprint density at radius 1 is 1.38 bits per heavy atom. The quantitative estimate of drug-likeness (QED) is 0.418. The third-order valence-corrected chi connectivity index (χ3v) is 6.09. The van der Waals surface area contributed by atoms with Gasteiger partial charge in [-0.05, 0) is 58.3 Å². The second kappa shape index (κ2) is 6.64. The van der Waals surface area contributed by atoms with Gasteiger partial charge in [-0.15, -0.1) is 0 Å². The van der Waals surface area contributed by atoms with Crippen LogP contribution >= 0.6 is 0 Å². The summed E-state index contributed by atoms with van der Waals surface area (Å²) in [4.78, 5) is 12.2. The molecule has 3 aliphatic rings. The normalized spacial score (nSPS) is 46.2. The molecule has 0 unspecified atom stereocenters. The minimum atomic E-state index is -0.886. The van der Waals surface area contributed by atoms with Crippen LogP contribution in [-0.2, 0) is 14.3 Å². The number of aliphatic hydroxyl groups is 1. The molecule has 2 fully saturated rings. The predicted octanol–water partition coefficient (Wildman–Crippen LogP) is 3.54. The summed E-state index contributed by atoms with van der Waals surface area (Å²) in [5.41, 5.74) is 0.989. The molecule has 134 valence electrons. The zero-order valence-electron chi connectivity index (χ0n) is 15.1. The average Bonchev–Trinajstić information content (AvgIpc) is 2.96. The van der Waals surface area contributed by atoms with Gasteiger partial charge >= 0.3 is 5.97 Å². The van der Waals surface area contributed by atoms with Crippen LogP contribution in [0.2, 0.25) is 0 Å². The van der Waals surface area contributed by atoms with Gasteiger partial charge in [0.1, 0.15) is 12.2 Å². The Morgan fingerprint density at radius 3 is 2.88 bits per heavy atom. The summed E-state index contributed by atoms with van der Waals surface area (Å²) < 4.78 is 11.9. The van der Waals surface area contributed by atoms with E-state index in [2.05, 4.69) is 26.5 Å². The second-order valence-corrected chi connectivity index (χ2v) is 8.14. The molecule has 0 saturated carbocycles. The number of allylic oxidation sites excluding steroid dienone is 2. The first-order chi connectivity index (χ1) is 11.3. The number of fused-ring (bicyclic) bond motifs is 1. The maximum absolute atomic E-state index is 12.2. The molecule has 3 rings (SSSR count). The first kappa shape index (κ1) is 17.7. The van der Waals surface area contributed by atoms with E-state index in [-0.39, 0.29) is 36.1 Å². The maximum Gasteiger partial charge on any atom is 0.334 e. The Labute approximate surface area is 144 Å². The molecule has 0 aromatic rings. The molecule has 0 amide bonds. The number of carbonyl (C=O) groups is 1. The number of esters is 1. The molecule has 24 heavy (non-hydrogen) atoms. The van der Waals surface area contributed by atoms with Gasteiger partial charge in [-0.25, -0.2) is 4.79 Å². The van der Waals surface area contributed by atoms with E-state index < -0.39 is 5.60 Å². The lowest BCUT2D eigenvalue weighted by Gasteiger charge is -2.37. The molecule has 0 aliphatic carbocycles. The summed E-state index contributed by atoms with van der Waals surface area (Å²) in [6, 6.07) is 0. The van der Waals surface area contributed by atoms with Crippen LogP contribution in [0.4, 0.5) is 0 Å². The van der Waals surface area contributed by atoms with Crippen molar-refractivity contribution in [3.05, 3.63) is 23.8 Å². The molecule has 0 radical (unpaired) electrons. The Bertz CT molecular complexity index is 548. The van der Waals surface area contributed by atoms with Gasteiger partial charge in [-0.3, -0.25) is 0 Å². The Morgan fingerprint density at radius 2 is 2.12 bits per heavy atom. The number of hydrogen-bond donors (Lipinski definition) is 1. The van der Waals surface area contributed by atoms with Crippen LogP contribution in [-0.4, -0.2) is 35.0 Å². The van der Waals surface area contributed by atoms with Crippen LogP contribution in [0.5, 0.6) is 0 Å². The molecule has 6 atom stereocenters. The van der Waals surface area contributed by atoms with E-state index in [9.17, 15) is 9.90 Å². The van der Waals surface area contributed by atoms with Gasteiger partial charge < -0.3 is 14.6 Å². The van der Waals surface area contributed by atoms with Crippen LogP contribution < -0.4 is 0 Å². The maximum atomic E-state index is 12.2. The second-order valence-electron chi connectivity index (χ2n) is 8.14. The third kappa shape index (κ3) is 3.31. The van der Waals surface area contributed by atoms with E-state index in [1.807, 2.05) is 6.92 Å². The molecule has 0 spiro atoms. The number of rotatable bonds is 0. The van der Waals surface area contributed by atoms with Crippen molar-refractivity contribution < 1.29 is 19.4 Å². The summed E-state index contributed by atoms with van der Waals surface area (Å²) in [6.07, 6.45) is 6.86. The van der Waals surface area contributed by atoms with Gasteiger partial charge in [0.15, 0.2) is 0 Å². The first-order valence-electron chi connectivity index (χ1n) is 9.23. The SMILES string of the molecule is C=C1C(=O)O[C@@H]2[C@@H]3O[C@@H](C[C@@H]13)[C@](C)(O)CCC/C(C)=C/CC[C@H]2C. The van der Waals surface area contributed by atoms with Gasteiger partial charge in [0.25, 0.3) is 0 Å². The molecular formula is C20H30O4. The van der Waals surface area contributed by atoms with Crippen LogP contribution in [0.3, 0.4) is 0 Å². The molecule has 3 aliphatic heterocycles. The standard InChI is InChI=1S/C20H30O4/c1-12-7-5-9-13(2)17-18-15(14(3)19(21)24-17)11-16(23-18)20(4,22)10-6-8-12/h7,13,15-18,22H,3,5-6,8-11H2,1-2,4H3/b12-7+/t13-,15+,16+,17+,18-,20-/m1/s1. The zero-order valence-corrected chi connectivity index (χ0v) is 15.1. The van der Waals surface area contributed by atoms with E-state index in [4.69, 9.17) is 9.47 Å². The molecule has 1 N–H and O–H groups in total. The lowest BCUT2D eigenvalue weighted by molar-refractivity contribution is -0.174. The highest BCUT2D eigenvalue weighted by molar-refractivity contribution is 5.89. The average molecular weight is 334 g/mol. The van der Waals surface area contributed by atoms with E-state index >= 15 is 0 Å². The fourth-order valence-electron chi connectivity index (χ4n) is 4.35. The minimum Gasteiger partial charge on any atom is -0.456 e. The van der Waals surface area contributed by atoms with Crippen LogP contribution in [0.1, 0.15) is 59.3 Å². The highest BCUT2D eigenvalue weighted by atomic mass is 16.6. The number of hydrogen-bond acceptors (Lipinski definition) is 4. The first-order valence-corrected chi connectivity index (χ1v) is 9.23. The molecule has 4 heteroatoms. The number of carbonyl (C=O) groups excluding carboxylic acids is 1. The van der Waals surface area contributed by atoms with Crippen molar-refractivity contribution in [1.29, 1.82) is 0 Å². The lowest BCUT2D eigenvalue weighted by Crippen LogP contribution is -2.47. The Hall–Kier alpha value is -1.13. The molecule has 0 aromatic heterocycles. The van der Waals surface area contributed by atoms with Gasteiger partial charge in [0.05, 0.1) is 11.7 Å². The minimum absolute atomic E-state index is 0.0320. The van der Waals surface area contributed by atoms with E-state index in [1.54, 1.807) is 0 Å². The highest BCUT2D eigenvalue weighted by Crippen LogP contribution is 2.45. The summed E-state index contributed by atoms with van der Waals surface area (Å²) in [6.45, 7) is 10.1. The van der Waals surface area contributed by atoms with E-state index in [0.717, 1.165) is 25.7 Å². The summed E-state index contributed by atoms with van der Waals surface area (Å²) >= 11 is 0. The molecule has 0 aromatic carbocycles. The highest BCUT2D eigenvalue weighted by Gasteiger charge is 2.53. The van der Waals surface area contributed by atoms with E-state index in [0.29, 0.717) is 18.4 Å². The van der Waals surface area contributed by atoms with Gasteiger partial charge in [-0.2, -0.15) is 0 Å². The van der Waals surface area contributed by atoms with E-state index in [1.165, 1.54) is 5.57 Å². The van der Waals surface area contributed by atoms with Crippen LogP contribution in [0, 0.1) is 11.8 Å². The fourth-order valence-corrected chi connectivity index (χ4v) is 4.35. The predicted molar refractivity (Wildman–Crippen MR) is 92.4 cm³/mol. The van der Waals surface area contributed by atoms with Crippen molar-refractivity contribution in [2.24, 2.45) is 11.8 Å². The largest absolute Gasteiger partial charge is 0.456 e.